The lowest BCUT2D eigenvalue weighted by molar-refractivity contribution is -0.870. The van der Waals surface area contributed by atoms with Gasteiger partial charge in [0.2, 0.25) is 0 Å². The predicted octanol–water partition coefficient (Wildman–Crippen LogP) is 19.0. The Balaban J connectivity index is 4.08. The van der Waals surface area contributed by atoms with Gasteiger partial charge in [0, 0.05) is 12.8 Å². The van der Waals surface area contributed by atoms with Gasteiger partial charge < -0.3 is 28.5 Å². The van der Waals surface area contributed by atoms with Crippen molar-refractivity contribution in [2.45, 2.75) is 309 Å². The summed E-state index contributed by atoms with van der Waals surface area (Å²) in [5.41, 5.74) is 0. The van der Waals surface area contributed by atoms with Crippen LogP contribution >= 0.6 is 0 Å². The van der Waals surface area contributed by atoms with Gasteiger partial charge in [0.05, 0.1) is 34.4 Å². The van der Waals surface area contributed by atoms with Crippen molar-refractivity contribution in [3.05, 3.63) is 48.6 Å². The molecule has 75 heavy (non-hydrogen) atoms. The van der Waals surface area contributed by atoms with E-state index in [2.05, 4.69) is 62.5 Å². The molecule has 0 rings (SSSR count). The maximum Gasteiger partial charge on any atom is 0.361 e. The number of hydrogen-bond acceptors (Lipinski definition) is 7. The molecule has 9 nitrogen and oxygen atoms in total. The van der Waals surface area contributed by atoms with E-state index in [1.54, 1.807) is 0 Å². The molecule has 0 aromatic heterocycles. The van der Waals surface area contributed by atoms with Crippen molar-refractivity contribution in [3.8, 4) is 0 Å². The number of esters is 2. The van der Waals surface area contributed by atoms with E-state index in [9.17, 15) is 19.5 Å². The van der Waals surface area contributed by atoms with Crippen LogP contribution in [-0.4, -0.2) is 87.4 Å². The first-order valence-corrected chi connectivity index (χ1v) is 31.8. The SMILES string of the molecule is CCCCC/C=C\C/C=C\CCCCCCCCCC(=O)OCC(COC(OCC[N+](C)(C)C)C(=O)O)OC(=O)CCCCCCCCCCCCCCCCCCCCCCC/C=C\C/C=C\CCCCCCC. The van der Waals surface area contributed by atoms with Gasteiger partial charge in [-0.3, -0.25) is 9.59 Å². The Labute approximate surface area is 463 Å². The first kappa shape index (κ1) is 72.2. The molecular formula is C66H122NO8+. The van der Waals surface area contributed by atoms with Crippen LogP contribution in [0.15, 0.2) is 48.6 Å². The number of carboxylic acid groups (broad SMARTS) is 1. The van der Waals surface area contributed by atoms with Crippen LogP contribution in [0.1, 0.15) is 296 Å². The quantitative estimate of drug-likeness (QED) is 0.0211. The van der Waals surface area contributed by atoms with Crippen molar-refractivity contribution >= 4 is 17.9 Å². The Morgan fingerprint density at radius 1 is 0.400 bits per heavy atom. The minimum Gasteiger partial charge on any atom is -0.477 e. The maximum atomic E-state index is 12.9. The second-order valence-corrected chi connectivity index (χ2v) is 22.7. The molecule has 9 heteroatoms. The molecule has 0 bridgehead atoms. The van der Waals surface area contributed by atoms with E-state index in [0.717, 1.165) is 64.2 Å². The number of hydrogen-bond donors (Lipinski definition) is 1. The van der Waals surface area contributed by atoms with E-state index in [1.165, 1.54) is 205 Å². The van der Waals surface area contributed by atoms with Crippen LogP contribution in [0.25, 0.3) is 0 Å². The Morgan fingerprint density at radius 3 is 1.08 bits per heavy atom. The highest BCUT2D eigenvalue weighted by atomic mass is 16.7. The molecule has 438 valence electrons. The van der Waals surface area contributed by atoms with Gasteiger partial charge >= 0.3 is 17.9 Å². The molecule has 0 radical (unpaired) electrons. The predicted molar refractivity (Wildman–Crippen MR) is 318 cm³/mol. The highest BCUT2D eigenvalue weighted by molar-refractivity contribution is 5.71. The van der Waals surface area contributed by atoms with E-state index in [4.69, 9.17) is 18.9 Å². The lowest BCUT2D eigenvalue weighted by atomic mass is 10.0. The molecule has 0 aromatic rings. The van der Waals surface area contributed by atoms with Crippen LogP contribution in [0, 0.1) is 0 Å². The summed E-state index contributed by atoms with van der Waals surface area (Å²) in [6.45, 7) is 4.87. The van der Waals surface area contributed by atoms with Gasteiger partial charge in [0.15, 0.2) is 6.10 Å². The largest absolute Gasteiger partial charge is 0.477 e. The lowest BCUT2D eigenvalue weighted by Gasteiger charge is -2.25. The van der Waals surface area contributed by atoms with Crippen molar-refractivity contribution in [1.29, 1.82) is 0 Å². The maximum absolute atomic E-state index is 12.9. The highest BCUT2D eigenvalue weighted by Gasteiger charge is 2.25. The Kier molecular flexibility index (Phi) is 55.3. The number of nitrogens with zero attached hydrogens (tertiary/aromatic N) is 1. The third-order valence-corrected chi connectivity index (χ3v) is 14.1. The van der Waals surface area contributed by atoms with Gasteiger partial charge in [-0.1, -0.05) is 255 Å². The normalized spacial score (nSPS) is 13.0. The molecule has 0 aliphatic heterocycles. The Morgan fingerprint density at radius 2 is 0.720 bits per heavy atom. The van der Waals surface area contributed by atoms with Gasteiger partial charge in [0.25, 0.3) is 6.29 Å². The van der Waals surface area contributed by atoms with Gasteiger partial charge in [-0.2, -0.15) is 0 Å². The number of rotatable bonds is 59. The van der Waals surface area contributed by atoms with E-state index < -0.39 is 24.3 Å². The summed E-state index contributed by atoms with van der Waals surface area (Å²) in [6.07, 6.45) is 69.2. The number of aliphatic carboxylic acids is 1. The number of quaternary nitrogens is 1. The van der Waals surface area contributed by atoms with Gasteiger partial charge in [0.1, 0.15) is 13.2 Å². The summed E-state index contributed by atoms with van der Waals surface area (Å²) in [6, 6.07) is 0. The molecule has 0 heterocycles. The Bertz CT molecular complexity index is 1370. The van der Waals surface area contributed by atoms with Crippen LogP contribution in [-0.2, 0) is 33.3 Å². The second-order valence-electron chi connectivity index (χ2n) is 22.7. The molecule has 0 aliphatic carbocycles. The Hall–Kier alpha value is -2.75. The zero-order valence-electron chi connectivity index (χ0n) is 50.0. The van der Waals surface area contributed by atoms with E-state index >= 15 is 0 Å². The molecule has 2 unspecified atom stereocenters. The van der Waals surface area contributed by atoms with Crippen LogP contribution < -0.4 is 0 Å². The zero-order chi connectivity index (χ0) is 54.8. The van der Waals surface area contributed by atoms with Crippen molar-refractivity contribution < 1.29 is 42.9 Å². The average Bonchev–Trinajstić information content (AvgIpc) is 3.38. The zero-order valence-corrected chi connectivity index (χ0v) is 50.0. The smallest absolute Gasteiger partial charge is 0.361 e. The van der Waals surface area contributed by atoms with Crippen LogP contribution in [0.2, 0.25) is 0 Å². The molecule has 0 aromatic carbocycles. The monoisotopic (exact) mass is 1060 g/mol. The number of ether oxygens (including phenoxy) is 4. The van der Waals surface area contributed by atoms with Crippen molar-refractivity contribution in [2.75, 3.05) is 47.5 Å². The third kappa shape index (κ3) is 58.8. The van der Waals surface area contributed by atoms with Crippen LogP contribution in [0.3, 0.4) is 0 Å². The van der Waals surface area contributed by atoms with E-state index in [0.29, 0.717) is 17.4 Å². The number of unbranched alkanes of at least 4 members (excludes halogenated alkanes) is 36. The molecule has 2 atom stereocenters. The average molecular weight is 1060 g/mol. The number of allylic oxidation sites excluding steroid dienone is 8. The van der Waals surface area contributed by atoms with Crippen LogP contribution in [0.4, 0.5) is 0 Å². The lowest BCUT2D eigenvalue weighted by Crippen LogP contribution is -2.40. The number of likely N-dealkylation sites (N-methyl/N-ethyl adjacent to an activating group) is 1. The van der Waals surface area contributed by atoms with Gasteiger partial charge in [-0.25, -0.2) is 4.79 Å². The molecule has 0 saturated carbocycles. The first-order chi connectivity index (χ1) is 36.6. The fourth-order valence-corrected chi connectivity index (χ4v) is 9.14. The van der Waals surface area contributed by atoms with Gasteiger partial charge in [-0.05, 0) is 77.0 Å². The molecule has 0 aliphatic rings. The van der Waals surface area contributed by atoms with Crippen molar-refractivity contribution in [2.24, 2.45) is 0 Å². The summed E-state index contributed by atoms with van der Waals surface area (Å²) < 4.78 is 22.9. The summed E-state index contributed by atoms with van der Waals surface area (Å²) >= 11 is 0. The topological polar surface area (TPSA) is 108 Å². The fourth-order valence-electron chi connectivity index (χ4n) is 9.14. The molecule has 0 saturated heterocycles. The van der Waals surface area contributed by atoms with Crippen LogP contribution in [0.5, 0.6) is 0 Å². The van der Waals surface area contributed by atoms with Gasteiger partial charge in [-0.15, -0.1) is 0 Å². The second kappa shape index (κ2) is 57.4. The van der Waals surface area contributed by atoms with Crippen molar-refractivity contribution in [3.63, 3.8) is 0 Å². The fraction of sp³-hybridized carbons (Fsp3) is 0.833. The molecule has 0 spiro atoms. The minimum absolute atomic E-state index is 0.184. The number of carboxylic acids is 1. The standard InChI is InChI=1S/C66H121NO8/c1-6-8-10-12-14-16-18-20-22-24-25-26-27-28-29-30-31-32-33-34-35-36-37-38-39-41-43-45-47-49-51-53-55-57-64(69)75-62(61-74-66(65(70)71)72-59-58-67(3,4)5)60-73-63(68)56-54-52-50-48-46-44-42-40-23-21-19-17-15-13-11-9-7-2/h15,17-18,20-21,23-25,62,66H,6-14,16,19,22,26-61H2,1-5H3/p+1/b17-15-,20-18-,23-21-,25-24-. The molecule has 0 amide bonds. The minimum atomic E-state index is -1.51. The molecule has 0 fully saturated rings. The molecular weight excluding hydrogens is 935 g/mol. The molecule has 1 N–H and O–H groups in total. The number of carbonyl (C=O) groups excluding carboxylic acids is 2. The summed E-state index contributed by atoms with van der Waals surface area (Å²) in [5.74, 6) is -2.00. The summed E-state index contributed by atoms with van der Waals surface area (Å²) in [5, 5.41) is 9.71. The van der Waals surface area contributed by atoms with E-state index in [-0.39, 0.29) is 32.2 Å². The number of carbonyl (C=O) groups is 3. The highest BCUT2D eigenvalue weighted by Crippen LogP contribution is 2.17. The van der Waals surface area contributed by atoms with E-state index in [1.807, 2.05) is 21.1 Å². The first-order valence-electron chi connectivity index (χ1n) is 31.8. The van der Waals surface area contributed by atoms with Crippen molar-refractivity contribution in [1.82, 2.24) is 0 Å². The summed E-state index contributed by atoms with van der Waals surface area (Å²) in [7, 11) is 5.97. The summed E-state index contributed by atoms with van der Waals surface area (Å²) in [4.78, 5) is 37.5. The third-order valence-electron chi connectivity index (χ3n) is 14.1.